The maximum Gasteiger partial charge on any atom is 0.313 e. The van der Waals surface area contributed by atoms with Gasteiger partial charge >= 0.3 is 5.97 Å². The van der Waals surface area contributed by atoms with Crippen LogP contribution in [0.1, 0.15) is 6.42 Å². The van der Waals surface area contributed by atoms with Crippen LogP contribution < -0.4 is 9.64 Å². The van der Waals surface area contributed by atoms with Crippen molar-refractivity contribution in [1.29, 1.82) is 0 Å². The second kappa shape index (κ2) is 7.97. The van der Waals surface area contributed by atoms with E-state index in [1.54, 1.807) is 30.0 Å². The highest BCUT2D eigenvalue weighted by atomic mass is 79.9. The molecule has 0 fully saturated rings. The highest BCUT2D eigenvalue weighted by Crippen LogP contribution is 2.47. The van der Waals surface area contributed by atoms with Crippen molar-refractivity contribution < 1.29 is 9.53 Å². The van der Waals surface area contributed by atoms with E-state index in [9.17, 15) is 4.79 Å². The molecule has 4 rings (SSSR count). The van der Waals surface area contributed by atoms with E-state index in [0.717, 1.165) is 15.8 Å². The highest BCUT2D eigenvalue weighted by Gasteiger charge is 2.23. The van der Waals surface area contributed by atoms with Gasteiger partial charge < -0.3 is 9.64 Å². The summed E-state index contributed by atoms with van der Waals surface area (Å²) in [4.78, 5) is 16.9. The molecule has 0 spiro atoms. The third-order valence-corrected chi connectivity index (χ3v) is 6.11. The molecule has 1 heterocycles. The predicted molar refractivity (Wildman–Crippen MR) is 113 cm³/mol. The summed E-state index contributed by atoms with van der Waals surface area (Å²) >= 11 is 11.2. The first-order valence-corrected chi connectivity index (χ1v) is 10.4. The lowest BCUT2D eigenvalue weighted by Crippen LogP contribution is -2.25. The third kappa shape index (κ3) is 4.00. The summed E-state index contributed by atoms with van der Waals surface area (Å²) in [5.74, 6) is 0.0623. The number of carbonyl (C=O) groups is 1. The van der Waals surface area contributed by atoms with E-state index in [4.69, 9.17) is 16.3 Å². The lowest BCUT2D eigenvalue weighted by molar-refractivity contribution is -0.134. The second-order valence-electron chi connectivity index (χ2n) is 5.99. The SMILES string of the molecule is O=C(CCN1c2ccccc2Sc2ccccc21)Oc1ccc(Br)cc1Cl. The topological polar surface area (TPSA) is 29.5 Å². The predicted octanol–water partition coefficient (Wildman–Crippen LogP) is 6.70. The molecule has 3 aromatic carbocycles. The number of hydrogen-bond donors (Lipinski definition) is 0. The number of carbonyl (C=O) groups excluding carboxylic acids is 1. The van der Waals surface area contributed by atoms with Crippen molar-refractivity contribution in [3.8, 4) is 5.75 Å². The first kappa shape index (κ1) is 18.4. The van der Waals surface area contributed by atoms with Gasteiger partial charge in [-0.1, -0.05) is 63.6 Å². The average Bonchev–Trinajstić information content (AvgIpc) is 2.67. The van der Waals surface area contributed by atoms with Gasteiger partial charge in [-0.15, -0.1) is 0 Å². The zero-order valence-electron chi connectivity index (χ0n) is 14.2. The Morgan fingerprint density at radius 1 is 1.00 bits per heavy atom. The van der Waals surface area contributed by atoms with E-state index in [2.05, 4.69) is 45.1 Å². The van der Waals surface area contributed by atoms with Crippen LogP contribution in [0.2, 0.25) is 5.02 Å². The molecular formula is C21H15BrClNO2S. The number of hydrogen-bond acceptors (Lipinski definition) is 4. The highest BCUT2D eigenvalue weighted by molar-refractivity contribution is 9.10. The summed E-state index contributed by atoms with van der Waals surface area (Å²) in [5.41, 5.74) is 2.21. The van der Waals surface area contributed by atoms with Gasteiger partial charge in [0.25, 0.3) is 0 Å². The molecule has 0 saturated heterocycles. The van der Waals surface area contributed by atoms with Crippen LogP contribution in [0.25, 0.3) is 0 Å². The molecule has 0 saturated carbocycles. The fourth-order valence-electron chi connectivity index (χ4n) is 2.96. The number of benzene rings is 3. The summed E-state index contributed by atoms with van der Waals surface area (Å²) in [5, 5.41) is 0.405. The number of rotatable bonds is 4. The van der Waals surface area contributed by atoms with E-state index in [1.165, 1.54) is 9.79 Å². The summed E-state index contributed by atoms with van der Waals surface area (Å²) < 4.78 is 6.28. The van der Waals surface area contributed by atoms with Crippen LogP contribution in [0.4, 0.5) is 11.4 Å². The number of nitrogens with zero attached hydrogens (tertiary/aromatic N) is 1. The van der Waals surface area contributed by atoms with Gasteiger partial charge in [0, 0.05) is 20.8 Å². The number of para-hydroxylation sites is 2. The smallest absolute Gasteiger partial charge is 0.313 e. The van der Waals surface area contributed by atoms with Crippen molar-refractivity contribution in [2.45, 2.75) is 16.2 Å². The summed E-state index contributed by atoms with van der Waals surface area (Å²) in [6, 6.07) is 21.6. The Kier molecular flexibility index (Phi) is 5.43. The molecule has 1 aliphatic heterocycles. The largest absolute Gasteiger partial charge is 0.425 e. The first-order valence-electron chi connectivity index (χ1n) is 8.41. The normalized spacial score (nSPS) is 12.3. The fraction of sp³-hybridized carbons (Fsp3) is 0.0952. The minimum Gasteiger partial charge on any atom is -0.425 e. The van der Waals surface area contributed by atoms with Crippen molar-refractivity contribution in [3.05, 3.63) is 76.2 Å². The zero-order valence-corrected chi connectivity index (χ0v) is 17.4. The zero-order chi connectivity index (χ0) is 18.8. The average molecular weight is 461 g/mol. The fourth-order valence-corrected chi connectivity index (χ4v) is 4.76. The van der Waals surface area contributed by atoms with Crippen LogP contribution >= 0.6 is 39.3 Å². The minimum absolute atomic E-state index is 0.250. The lowest BCUT2D eigenvalue weighted by atomic mass is 10.2. The van der Waals surface area contributed by atoms with Crippen LogP contribution in [0, 0.1) is 0 Å². The molecule has 0 aliphatic carbocycles. The molecule has 27 heavy (non-hydrogen) atoms. The van der Waals surface area contributed by atoms with E-state index in [0.29, 0.717) is 17.3 Å². The molecule has 0 aromatic heterocycles. The monoisotopic (exact) mass is 459 g/mol. The molecule has 3 nitrogen and oxygen atoms in total. The Labute approximate surface area is 175 Å². The second-order valence-corrected chi connectivity index (χ2v) is 8.39. The minimum atomic E-state index is -0.313. The number of esters is 1. The summed E-state index contributed by atoms with van der Waals surface area (Å²) in [6.07, 6.45) is 0.250. The van der Waals surface area contributed by atoms with Gasteiger partial charge in [-0.3, -0.25) is 4.79 Å². The van der Waals surface area contributed by atoms with Crippen molar-refractivity contribution in [2.75, 3.05) is 11.4 Å². The van der Waals surface area contributed by atoms with E-state index in [1.807, 2.05) is 24.3 Å². The van der Waals surface area contributed by atoms with Gasteiger partial charge in [-0.25, -0.2) is 0 Å². The van der Waals surface area contributed by atoms with Crippen molar-refractivity contribution in [3.63, 3.8) is 0 Å². The van der Waals surface area contributed by atoms with E-state index < -0.39 is 0 Å². The third-order valence-electron chi connectivity index (χ3n) is 4.19. The quantitative estimate of drug-likeness (QED) is 0.320. The molecule has 0 atom stereocenters. The summed E-state index contributed by atoms with van der Waals surface area (Å²) in [6.45, 7) is 0.529. The summed E-state index contributed by atoms with van der Waals surface area (Å²) in [7, 11) is 0. The molecular weight excluding hydrogens is 446 g/mol. The molecule has 1 aliphatic rings. The van der Waals surface area contributed by atoms with Gasteiger partial charge in [-0.2, -0.15) is 0 Å². The number of anilines is 2. The van der Waals surface area contributed by atoms with Crippen molar-refractivity contribution in [1.82, 2.24) is 0 Å². The maximum absolute atomic E-state index is 12.4. The number of fused-ring (bicyclic) bond motifs is 2. The van der Waals surface area contributed by atoms with Crippen molar-refractivity contribution >= 4 is 56.6 Å². The Hall–Kier alpha value is -1.95. The molecule has 0 amide bonds. The van der Waals surface area contributed by atoms with Crippen LogP contribution in [0.15, 0.2) is 81.0 Å². The Morgan fingerprint density at radius 3 is 2.26 bits per heavy atom. The Morgan fingerprint density at radius 2 is 1.63 bits per heavy atom. The first-order chi connectivity index (χ1) is 13.1. The Balaban J connectivity index is 1.52. The molecule has 6 heteroatoms. The number of halogens is 2. The van der Waals surface area contributed by atoms with Gasteiger partial charge in [-0.05, 0) is 42.5 Å². The van der Waals surface area contributed by atoms with E-state index in [-0.39, 0.29) is 12.4 Å². The molecule has 0 radical (unpaired) electrons. The number of ether oxygens (including phenoxy) is 1. The lowest BCUT2D eigenvalue weighted by Gasteiger charge is -2.32. The van der Waals surface area contributed by atoms with Gasteiger partial charge in [0.05, 0.1) is 22.8 Å². The molecule has 0 unspecified atom stereocenters. The van der Waals surface area contributed by atoms with Gasteiger partial charge in [0.1, 0.15) is 5.75 Å². The van der Waals surface area contributed by atoms with Crippen LogP contribution in [-0.4, -0.2) is 12.5 Å². The molecule has 0 N–H and O–H groups in total. The Bertz CT molecular complexity index is 965. The van der Waals surface area contributed by atoms with Crippen molar-refractivity contribution in [2.24, 2.45) is 0 Å². The van der Waals surface area contributed by atoms with Crippen LogP contribution in [-0.2, 0) is 4.79 Å². The molecule has 0 bridgehead atoms. The van der Waals surface area contributed by atoms with Gasteiger partial charge in [0.15, 0.2) is 0 Å². The maximum atomic E-state index is 12.4. The van der Waals surface area contributed by atoms with Crippen LogP contribution in [0.3, 0.4) is 0 Å². The van der Waals surface area contributed by atoms with Gasteiger partial charge in [0.2, 0.25) is 0 Å². The van der Waals surface area contributed by atoms with E-state index >= 15 is 0 Å². The van der Waals surface area contributed by atoms with Crippen LogP contribution in [0.5, 0.6) is 5.75 Å². The molecule has 136 valence electrons. The standard InChI is InChI=1S/C21H15BrClNO2S/c22-14-9-10-18(15(23)13-14)26-21(25)11-12-24-16-5-1-3-7-19(16)27-20-8-4-2-6-17(20)24/h1-10,13H,11-12H2. The molecule has 3 aromatic rings.